The van der Waals surface area contributed by atoms with Gasteiger partial charge in [-0.3, -0.25) is 0 Å². The number of esters is 1. The molecule has 0 spiro atoms. The number of hydrogen-bond acceptors (Lipinski definition) is 3. The van der Waals surface area contributed by atoms with Crippen molar-refractivity contribution in [3.8, 4) is 0 Å². The number of carbonyl (C=O) groups is 1. The van der Waals surface area contributed by atoms with Crippen LogP contribution >= 0.6 is 24.0 Å². The maximum atomic E-state index is 11.9. The van der Waals surface area contributed by atoms with E-state index in [1.165, 1.54) is 5.56 Å². The fraction of sp³-hybridized carbons (Fsp3) is 0.438. The Balaban J connectivity index is 0.00000200. The quantitative estimate of drug-likeness (QED) is 0.480. The molecule has 0 fully saturated rings. The van der Waals surface area contributed by atoms with Crippen molar-refractivity contribution in [2.75, 3.05) is 6.61 Å². The number of rotatable bonds is 2. The lowest BCUT2D eigenvalue weighted by atomic mass is 9.85. The fourth-order valence-electron chi connectivity index (χ4n) is 2.48. The van der Waals surface area contributed by atoms with Gasteiger partial charge in [-0.15, -0.1) is 24.0 Å². The molecule has 0 aromatic heterocycles. The Morgan fingerprint density at radius 3 is 2.65 bits per heavy atom. The van der Waals surface area contributed by atoms with Gasteiger partial charge < -0.3 is 10.1 Å². The van der Waals surface area contributed by atoms with Crippen LogP contribution in [0.15, 0.2) is 29.8 Å². The third-order valence-electron chi connectivity index (χ3n) is 3.34. The molecule has 20 heavy (non-hydrogen) atoms. The summed E-state index contributed by atoms with van der Waals surface area (Å²) in [5.41, 5.74) is 3.85. The van der Waals surface area contributed by atoms with E-state index >= 15 is 0 Å². The zero-order valence-corrected chi connectivity index (χ0v) is 14.8. The third kappa shape index (κ3) is 3.53. The Bertz CT molecular complexity index is 535. The highest BCUT2D eigenvalue weighted by Gasteiger charge is 2.29. The molecule has 0 unspecified atom stereocenters. The van der Waals surface area contributed by atoms with Crippen LogP contribution in [-0.4, -0.2) is 18.1 Å². The van der Waals surface area contributed by atoms with Crippen LogP contribution in [0, 0.1) is 0 Å². The van der Waals surface area contributed by atoms with Crippen LogP contribution in [-0.2, 0) is 16.0 Å². The Morgan fingerprint density at radius 2 is 2.00 bits per heavy atom. The summed E-state index contributed by atoms with van der Waals surface area (Å²) in [5.74, 6) is -0.252. The molecule has 0 bridgehead atoms. The standard InChI is InChI=1S/C16H21NO2.HI/c1-5-19-15(18)11(2)14-13-9-7-6-8-12(13)10-16(3,4)17-14;/h6-9,17H,5,10H2,1-4H3;1H/b14-11-;. The van der Waals surface area contributed by atoms with Crippen molar-refractivity contribution < 1.29 is 9.53 Å². The molecule has 1 heterocycles. The lowest BCUT2D eigenvalue weighted by Gasteiger charge is -2.36. The molecule has 0 radical (unpaired) electrons. The molecule has 2 rings (SSSR count). The van der Waals surface area contributed by atoms with Gasteiger partial charge >= 0.3 is 5.97 Å². The van der Waals surface area contributed by atoms with E-state index in [0.29, 0.717) is 12.2 Å². The van der Waals surface area contributed by atoms with Gasteiger partial charge in [-0.1, -0.05) is 24.3 Å². The van der Waals surface area contributed by atoms with E-state index in [0.717, 1.165) is 17.7 Å². The summed E-state index contributed by atoms with van der Waals surface area (Å²) in [6, 6.07) is 8.21. The Hall–Kier alpha value is -1.04. The van der Waals surface area contributed by atoms with Gasteiger partial charge in [-0.25, -0.2) is 4.79 Å². The third-order valence-corrected chi connectivity index (χ3v) is 3.34. The second-order valence-electron chi connectivity index (χ2n) is 5.56. The Morgan fingerprint density at radius 1 is 1.35 bits per heavy atom. The number of halogens is 1. The maximum absolute atomic E-state index is 11.9. The second-order valence-corrected chi connectivity index (χ2v) is 5.56. The maximum Gasteiger partial charge on any atom is 0.335 e. The van der Waals surface area contributed by atoms with Crippen LogP contribution in [0.1, 0.15) is 38.8 Å². The van der Waals surface area contributed by atoms with Crippen LogP contribution in [0.5, 0.6) is 0 Å². The highest BCUT2D eigenvalue weighted by molar-refractivity contribution is 14.0. The zero-order valence-electron chi connectivity index (χ0n) is 12.4. The molecule has 0 saturated carbocycles. The normalized spacial score (nSPS) is 18.2. The molecule has 1 aliphatic rings. The number of fused-ring (bicyclic) bond motifs is 1. The SMILES string of the molecule is CCOC(=O)/C(C)=C1\NC(C)(C)Cc2ccccc21.I. The summed E-state index contributed by atoms with van der Waals surface area (Å²) in [6.07, 6.45) is 0.947. The van der Waals surface area contributed by atoms with Crippen LogP contribution in [0.4, 0.5) is 0 Å². The van der Waals surface area contributed by atoms with E-state index in [1.807, 2.05) is 26.0 Å². The molecule has 1 N–H and O–H groups in total. The van der Waals surface area contributed by atoms with Crippen molar-refractivity contribution in [1.82, 2.24) is 5.32 Å². The molecule has 0 atom stereocenters. The van der Waals surface area contributed by atoms with E-state index < -0.39 is 0 Å². The summed E-state index contributed by atoms with van der Waals surface area (Å²) in [6.45, 7) is 8.32. The van der Waals surface area contributed by atoms with Crippen LogP contribution in [0.25, 0.3) is 5.70 Å². The average molecular weight is 387 g/mol. The first-order valence-corrected chi connectivity index (χ1v) is 6.69. The Kier molecular flexibility index (Phi) is 5.62. The summed E-state index contributed by atoms with van der Waals surface area (Å²) in [4.78, 5) is 11.9. The van der Waals surface area contributed by atoms with Gasteiger partial charge in [0.2, 0.25) is 0 Å². The van der Waals surface area contributed by atoms with E-state index in [2.05, 4.69) is 31.3 Å². The van der Waals surface area contributed by atoms with Gasteiger partial charge in [0.1, 0.15) is 0 Å². The van der Waals surface area contributed by atoms with Crippen molar-refractivity contribution >= 4 is 35.6 Å². The van der Waals surface area contributed by atoms with Crippen molar-refractivity contribution in [3.05, 3.63) is 41.0 Å². The molecule has 1 aliphatic heterocycles. The highest BCUT2D eigenvalue weighted by Crippen LogP contribution is 2.31. The molecule has 0 saturated heterocycles. The summed E-state index contributed by atoms with van der Waals surface area (Å²) in [7, 11) is 0. The summed E-state index contributed by atoms with van der Waals surface area (Å²) >= 11 is 0. The van der Waals surface area contributed by atoms with E-state index in [4.69, 9.17) is 4.74 Å². The average Bonchev–Trinajstić information content (AvgIpc) is 2.36. The minimum atomic E-state index is -0.252. The second kappa shape index (κ2) is 6.61. The zero-order chi connectivity index (χ0) is 14.0. The molecule has 0 aliphatic carbocycles. The van der Waals surface area contributed by atoms with Gasteiger partial charge in [0.15, 0.2) is 0 Å². The minimum absolute atomic E-state index is 0. The van der Waals surface area contributed by atoms with E-state index in [9.17, 15) is 4.79 Å². The number of benzene rings is 1. The number of nitrogens with one attached hydrogen (secondary N) is 1. The first kappa shape index (κ1) is 17.0. The molecule has 3 nitrogen and oxygen atoms in total. The smallest absolute Gasteiger partial charge is 0.335 e. The highest BCUT2D eigenvalue weighted by atomic mass is 127. The van der Waals surface area contributed by atoms with Gasteiger partial charge in [-0.05, 0) is 39.7 Å². The first-order chi connectivity index (χ1) is 8.94. The lowest BCUT2D eigenvalue weighted by molar-refractivity contribution is -0.138. The van der Waals surface area contributed by atoms with E-state index in [-0.39, 0.29) is 35.5 Å². The fourth-order valence-corrected chi connectivity index (χ4v) is 2.48. The number of carbonyl (C=O) groups excluding carboxylic acids is 1. The summed E-state index contributed by atoms with van der Waals surface area (Å²) in [5, 5.41) is 3.47. The van der Waals surface area contributed by atoms with Crippen molar-refractivity contribution in [3.63, 3.8) is 0 Å². The monoisotopic (exact) mass is 387 g/mol. The van der Waals surface area contributed by atoms with Crippen LogP contribution in [0.3, 0.4) is 0 Å². The molecular formula is C16H22INO2. The molecule has 1 aromatic carbocycles. The van der Waals surface area contributed by atoms with Gasteiger partial charge in [0.05, 0.1) is 17.9 Å². The minimum Gasteiger partial charge on any atom is -0.463 e. The Labute approximate surface area is 137 Å². The largest absolute Gasteiger partial charge is 0.463 e. The number of ether oxygens (including phenoxy) is 1. The van der Waals surface area contributed by atoms with Crippen LogP contribution < -0.4 is 5.32 Å². The van der Waals surface area contributed by atoms with E-state index in [1.54, 1.807) is 0 Å². The number of hydrogen-bond donors (Lipinski definition) is 1. The molecular weight excluding hydrogens is 365 g/mol. The van der Waals surface area contributed by atoms with Crippen LogP contribution in [0.2, 0.25) is 0 Å². The van der Waals surface area contributed by atoms with Crippen molar-refractivity contribution in [2.24, 2.45) is 0 Å². The molecule has 0 amide bonds. The topological polar surface area (TPSA) is 38.3 Å². The van der Waals surface area contributed by atoms with Gasteiger partial charge in [0.25, 0.3) is 0 Å². The molecule has 110 valence electrons. The van der Waals surface area contributed by atoms with Crippen molar-refractivity contribution in [2.45, 2.75) is 39.7 Å². The predicted octanol–water partition coefficient (Wildman–Crippen LogP) is 3.52. The van der Waals surface area contributed by atoms with Crippen molar-refractivity contribution in [1.29, 1.82) is 0 Å². The first-order valence-electron chi connectivity index (χ1n) is 6.69. The summed E-state index contributed by atoms with van der Waals surface area (Å²) < 4.78 is 5.10. The van der Waals surface area contributed by atoms with Gasteiger partial charge in [0, 0.05) is 11.1 Å². The molecule has 1 aromatic rings. The predicted molar refractivity (Wildman–Crippen MR) is 92.0 cm³/mol. The molecule has 4 heteroatoms. The van der Waals surface area contributed by atoms with Gasteiger partial charge in [-0.2, -0.15) is 0 Å². The lowest BCUT2D eigenvalue weighted by Crippen LogP contribution is -2.44.